The summed E-state index contributed by atoms with van der Waals surface area (Å²) in [6, 6.07) is 0. The number of aliphatic imine (C=N–C) groups is 1. The third-order valence-electron chi connectivity index (χ3n) is 7.20. The molecule has 0 aromatic rings. The van der Waals surface area contributed by atoms with Crippen LogP contribution in [-0.4, -0.2) is 73.9 Å². The van der Waals surface area contributed by atoms with Gasteiger partial charge in [-0.3, -0.25) is 14.6 Å². The molecule has 2 rings (SSSR count). The molecule has 0 aromatic carbocycles. The number of rotatable bonds is 11. The Morgan fingerprint density at radius 2 is 1.55 bits per heavy atom. The molecule has 0 atom stereocenters. The molecule has 0 aromatic heterocycles. The van der Waals surface area contributed by atoms with Crippen molar-refractivity contribution in [2.24, 2.45) is 16.3 Å². The van der Waals surface area contributed by atoms with Crippen LogP contribution in [-0.2, 0) is 9.59 Å². The van der Waals surface area contributed by atoms with E-state index in [1.165, 1.54) is 32.1 Å². The first-order valence-corrected chi connectivity index (χ1v) is 12.9. The lowest BCUT2D eigenvalue weighted by atomic mass is 9.83. The van der Waals surface area contributed by atoms with E-state index in [1.54, 1.807) is 0 Å². The van der Waals surface area contributed by atoms with Crippen molar-refractivity contribution in [2.75, 3.05) is 46.3 Å². The number of hydrogen-bond acceptors (Lipinski definition) is 3. The number of piperazine rings is 1. The van der Waals surface area contributed by atoms with Gasteiger partial charge in [0.05, 0.1) is 0 Å². The molecule has 1 aliphatic carbocycles. The fraction of sp³-hybridized carbons (Fsp3) is 0.880. The molecule has 2 N–H and O–H groups in total. The zero-order valence-electron chi connectivity index (χ0n) is 21.5. The molecule has 2 aliphatic rings. The van der Waals surface area contributed by atoms with E-state index in [0.29, 0.717) is 50.4 Å². The van der Waals surface area contributed by atoms with E-state index in [-0.39, 0.29) is 35.8 Å². The third-order valence-corrected chi connectivity index (χ3v) is 7.20. The minimum Gasteiger partial charge on any atom is -0.356 e. The van der Waals surface area contributed by atoms with E-state index in [0.717, 1.165) is 38.3 Å². The highest BCUT2D eigenvalue weighted by molar-refractivity contribution is 14.0. The minimum absolute atomic E-state index is 0. The van der Waals surface area contributed by atoms with Gasteiger partial charge in [-0.25, -0.2) is 0 Å². The summed E-state index contributed by atoms with van der Waals surface area (Å²) in [5.74, 6) is 1.73. The first kappa shape index (κ1) is 30.0. The maximum absolute atomic E-state index is 12.5. The molecule has 0 unspecified atom stereocenters. The third kappa shape index (κ3) is 10.4. The molecule has 7 nitrogen and oxygen atoms in total. The number of hydrogen-bond donors (Lipinski definition) is 2. The zero-order valence-corrected chi connectivity index (χ0v) is 23.8. The van der Waals surface area contributed by atoms with Gasteiger partial charge in [0, 0.05) is 59.2 Å². The number of nitrogens with one attached hydrogen (secondary N) is 2. The fourth-order valence-corrected chi connectivity index (χ4v) is 4.90. The lowest BCUT2D eigenvalue weighted by molar-refractivity contribution is -0.140. The number of amides is 2. The Balaban J connectivity index is 0.00000544. The van der Waals surface area contributed by atoms with Gasteiger partial charge in [-0.15, -0.1) is 24.0 Å². The van der Waals surface area contributed by atoms with Crippen LogP contribution >= 0.6 is 24.0 Å². The summed E-state index contributed by atoms with van der Waals surface area (Å²) in [4.78, 5) is 32.9. The largest absolute Gasteiger partial charge is 0.356 e. The van der Waals surface area contributed by atoms with Gasteiger partial charge >= 0.3 is 0 Å². The second-order valence-corrected chi connectivity index (χ2v) is 10.1. The summed E-state index contributed by atoms with van der Waals surface area (Å²) in [5.41, 5.74) is 0.450. The van der Waals surface area contributed by atoms with E-state index in [9.17, 15) is 9.59 Å². The van der Waals surface area contributed by atoms with Crippen LogP contribution in [0.1, 0.15) is 85.0 Å². The highest BCUT2D eigenvalue weighted by atomic mass is 127. The number of carbonyl (C=O) groups excluding carboxylic acids is 2. The molecule has 2 amide bonds. The average Bonchev–Trinajstić information content (AvgIpc) is 3.27. The van der Waals surface area contributed by atoms with Crippen molar-refractivity contribution >= 4 is 41.8 Å². The van der Waals surface area contributed by atoms with Crippen LogP contribution in [0.5, 0.6) is 0 Å². The molecule has 1 saturated carbocycles. The van der Waals surface area contributed by atoms with Gasteiger partial charge in [0.1, 0.15) is 0 Å². The smallest absolute Gasteiger partial charge is 0.222 e. The lowest BCUT2D eigenvalue weighted by Gasteiger charge is -2.35. The number of halogens is 1. The molecule has 0 bridgehead atoms. The molecule has 0 spiro atoms. The maximum atomic E-state index is 12.5. The lowest BCUT2D eigenvalue weighted by Crippen LogP contribution is -2.50. The van der Waals surface area contributed by atoms with Crippen LogP contribution < -0.4 is 10.6 Å². The summed E-state index contributed by atoms with van der Waals surface area (Å²) in [6.45, 7) is 11.0. The highest BCUT2D eigenvalue weighted by Crippen LogP contribution is 2.40. The Bertz CT molecular complexity index is 612. The summed E-state index contributed by atoms with van der Waals surface area (Å²) in [5, 5.41) is 6.95. The summed E-state index contributed by atoms with van der Waals surface area (Å²) in [6.07, 6.45) is 10.8. The average molecular weight is 578 g/mol. The van der Waals surface area contributed by atoms with Gasteiger partial charge in [-0.1, -0.05) is 40.0 Å². The van der Waals surface area contributed by atoms with Gasteiger partial charge in [0.15, 0.2) is 5.96 Å². The second-order valence-electron chi connectivity index (χ2n) is 10.1. The Kier molecular flexibility index (Phi) is 14.3. The van der Waals surface area contributed by atoms with Crippen LogP contribution in [0.2, 0.25) is 0 Å². The number of nitrogens with zero attached hydrogens (tertiary/aromatic N) is 3. The molecule has 33 heavy (non-hydrogen) atoms. The van der Waals surface area contributed by atoms with Gasteiger partial charge in [-0.05, 0) is 43.4 Å². The number of unbranched alkanes of at least 4 members (excludes halogenated alkanes) is 2. The summed E-state index contributed by atoms with van der Waals surface area (Å²) < 4.78 is 0. The number of guanidine groups is 1. The first-order valence-electron chi connectivity index (χ1n) is 12.9. The van der Waals surface area contributed by atoms with E-state index in [2.05, 4.69) is 36.4 Å². The molecule has 8 heteroatoms. The van der Waals surface area contributed by atoms with Crippen molar-refractivity contribution in [1.29, 1.82) is 0 Å². The standard InChI is InChI=1S/C25H47N5O2.HI/c1-5-25(12-8-9-13-25)20-28-24(26-4)27-14-10-6-7-11-22(31)29-15-17-30(18-16-29)23(32)19-21(2)3;/h21H,5-20H2,1-4H3,(H2,26,27,28);1H. The zero-order chi connectivity index (χ0) is 23.4. The van der Waals surface area contributed by atoms with Crippen molar-refractivity contribution in [3.05, 3.63) is 0 Å². The normalized spacial score (nSPS) is 18.3. The maximum Gasteiger partial charge on any atom is 0.222 e. The number of carbonyl (C=O) groups is 2. The molecule has 1 saturated heterocycles. The van der Waals surface area contributed by atoms with Crippen LogP contribution in [0.3, 0.4) is 0 Å². The molecular formula is C25H48IN5O2. The van der Waals surface area contributed by atoms with Gasteiger partial charge < -0.3 is 20.4 Å². The molecule has 1 aliphatic heterocycles. The second kappa shape index (κ2) is 15.8. The SMILES string of the molecule is CCC1(CNC(=NC)NCCCCCC(=O)N2CCN(C(=O)CC(C)C)CC2)CCCC1.I. The van der Waals surface area contributed by atoms with Crippen LogP contribution in [0.15, 0.2) is 4.99 Å². The molecule has 0 radical (unpaired) electrons. The Labute approximate surface area is 218 Å². The fourth-order valence-electron chi connectivity index (χ4n) is 4.90. The van der Waals surface area contributed by atoms with Crippen molar-refractivity contribution in [1.82, 2.24) is 20.4 Å². The Morgan fingerprint density at radius 1 is 0.939 bits per heavy atom. The topological polar surface area (TPSA) is 77.0 Å². The van der Waals surface area contributed by atoms with Gasteiger partial charge in [0.2, 0.25) is 11.8 Å². The molecular weight excluding hydrogens is 529 g/mol. The molecule has 1 heterocycles. The Hall–Kier alpha value is -1.06. The van der Waals surface area contributed by atoms with E-state index >= 15 is 0 Å². The van der Waals surface area contributed by atoms with E-state index < -0.39 is 0 Å². The van der Waals surface area contributed by atoms with Gasteiger partial charge in [-0.2, -0.15) is 0 Å². The van der Waals surface area contributed by atoms with Gasteiger partial charge in [0.25, 0.3) is 0 Å². The van der Waals surface area contributed by atoms with Crippen molar-refractivity contribution < 1.29 is 9.59 Å². The molecule has 192 valence electrons. The monoisotopic (exact) mass is 577 g/mol. The minimum atomic E-state index is 0. The first-order chi connectivity index (χ1) is 15.4. The highest BCUT2D eigenvalue weighted by Gasteiger charge is 2.31. The van der Waals surface area contributed by atoms with Crippen molar-refractivity contribution in [3.8, 4) is 0 Å². The van der Waals surface area contributed by atoms with Crippen molar-refractivity contribution in [3.63, 3.8) is 0 Å². The quantitative estimate of drug-likeness (QED) is 0.168. The summed E-state index contributed by atoms with van der Waals surface area (Å²) >= 11 is 0. The Morgan fingerprint density at radius 3 is 2.09 bits per heavy atom. The molecule has 2 fully saturated rings. The predicted molar refractivity (Wildman–Crippen MR) is 147 cm³/mol. The summed E-state index contributed by atoms with van der Waals surface area (Å²) in [7, 11) is 1.83. The van der Waals surface area contributed by atoms with Crippen LogP contribution in [0.4, 0.5) is 0 Å². The van der Waals surface area contributed by atoms with Crippen LogP contribution in [0.25, 0.3) is 0 Å². The van der Waals surface area contributed by atoms with Crippen LogP contribution in [0, 0.1) is 11.3 Å². The predicted octanol–water partition coefficient (Wildman–Crippen LogP) is 4.02. The van der Waals surface area contributed by atoms with E-state index in [1.807, 2.05) is 16.8 Å². The van der Waals surface area contributed by atoms with E-state index in [4.69, 9.17) is 0 Å². The van der Waals surface area contributed by atoms with Crippen molar-refractivity contribution in [2.45, 2.75) is 85.0 Å².